The lowest BCUT2D eigenvalue weighted by Crippen LogP contribution is -2.66. The summed E-state index contributed by atoms with van der Waals surface area (Å²) in [6.45, 7) is 1.55. The van der Waals surface area contributed by atoms with E-state index in [4.69, 9.17) is 0 Å². The van der Waals surface area contributed by atoms with Crippen molar-refractivity contribution in [1.29, 1.82) is 0 Å². The van der Waals surface area contributed by atoms with E-state index in [2.05, 4.69) is 9.97 Å². The second-order valence-corrected chi connectivity index (χ2v) is 5.16. The molecular formula is C11H13FN2O. The van der Waals surface area contributed by atoms with Crippen molar-refractivity contribution in [3.8, 4) is 0 Å². The summed E-state index contributed by atoms with van der Waals surface area (Å²) in [5, 5.41) is 0. The normalized spacial score (nSPS) is 36.9. The van der Waals surface area contributed by atoms with Gasteiger partial charge >= 0.3 is 0 Å². The molecule has 15 heavy (non-hydrogen) atoms. The van der Waals surface area contributed by atoms with Crippen LogP contribution >= 0.6 is 0 Å². The van der Waals surface area contributed by atoms with Crippen LogP contribution in [-0.4, -0.2) is 16.6 Å². The Morgan fingerprint density at radius 2 is 2.20 bits per heavy atom. The third kappa shape index (κ3) is 1.05. The van der Waals surface area contributed by atoms with E-state index in [1.165, 1.54) is 0 Å². The van der Waals surface area contributed by atoms with Crippen LogP contribution in [0.25, 0.3) is 0 Å². The number of aromatic nitrogens is 2. The molecule has 2 bridgehead atoms. The number of aromatic amines is 1. The number of hydrogen-bond donors (Lipinski definition) is 1. The molecule has 3 aliphatic rings. The molecule has 0 radical (unpaired) electrons. The fraction of sp³-hybridized carbons (Fsp3) is 0.636. The highest BCUT2D eigenvalue weighted by Crippen LogP contribution is 2.73. The van der Waals surface area contributed by atoms with Gasteiger partial charge in [-0.15, -0.1) is 0 Å². The maximum Gasteiger partial charge on any atom is 0.251 e. The number of hydrogen-bond acceptors (Lipinski definition) is 2. The Labute approximate surface area is 86.7 Å². The number of H-pyrrole nitrogens is 1. The molecule has 4 heteroatoms. The average Bonchev–Trinajstić information content (AvgIpc) is 1.97. The molecule has 4 rings (SSSR count). The van der Waals surface area contributed by atoms with Crippen LogP contribution in [0.15, 0.2) is 10.9 Å². The highest BCUT2D eigenvalue weighted by atomic mass is 19.1. The van der Waals surface area contributed by atoms with Gasteiger partial charge in [0.1, 0.15) is 5.82 Å². The fourth-order valence-corrected chi connectivity index (χ4v) is 3.26. The van der Waals surface area contributed by atoms with Crippen molar-refractivity contribution in [2.24, 2.45) is 5.41 Å². The summed E-state index contributed by atoms with van der Waals surface area (Å²) in [4.78, 5) is 18.3. The van der Waals surface area contributed by atoms with Gasteiger partial charge in [0.15, 0.2) is 0 Å². The van der Waals surface area contributed by atoms with Gasteiger partial charge < -0.3 is 4.98 Å². The first-order valence-electron chi connectivity index (χ1n) is 5.22. The van der Waals surface area contributed by atoms with Gasteiger partial charge in [-0.05, 0) is 26.2 Å². The first-order valence-corrected chi connectivity index (χ1v) is 5.22. The summed E-state index contributed by atoms with van der Waals surface area (Å²) < 4.78 is 12.6. The molecule has 1 aromatic heterocycles. The first-order chi connectivity index (χ1) is 7.07. The van der Waals surface area contributed by atoms with E-state index in [0.717, 1.165) is 25.0 Å². The molecule has 0 spiro atoms. The molecule has 1 aromatic rings. The van der Waals surface area contributed by atoms with Crippen LogP contribution in [0.2, 0.25) is 0 Å². The van der Waals surface area contributed by atoms with Crippen LogP contribution in [0, 0.1) is 12.3 Å². The van der Waals surface area contributed by atoms with Crippen molar-refractivity contribution in [1.82, 2.24) is 9.97 Å². The van der Waals surface area contributed by atoms with E-state index in [0.29, 0.717) is 5.82 Å². The van der Waals surface area contributed by atoms with Crippen molar-refractivity contribution in [3.63, 3.8) is 0 Å². The molecule has 0 atom stereocenters. The molecule has 1 N–H and O–H groups in total. The Bertz CT molecular complexity index is 460. The largest absolute Gasteiger partial charge is 0.311 e. The molecular weight excluding hydrogens is 195 g/mol. The molecule has 3 nitrogen and oxygen atoms in total. The number of aryl methyl sites for hydroxylation is 1. The molecule has 80 valence electrons. The smallest absolute Gasteiger partial charge is 0.251 e. The molecule has 0 aliphatic heterocycles. The van der Waals surface area contributed by atoms with Crippen molar-refractivity contribution < 1.29 is 4.39 Å². The lowest BCUT2D eigenvalue weighted by Gasteiger charge is -2.69. The number of halogens is 1. The zero-order chi connectivity index (χ0) is 10.7. The summed E-state index contributed by atoms with van der Waals surface area (Å²) in [7, 11) is 0. The van der Waals surface area contributed by atoms with Gasteiger partial charge in [-0.25, -0.2) is 4.98 Å². The van der Waals surface area contributed by atoms with E-state index in [1.54, 1.807) is 13.0 Å². The van der Waals surface area contributed by atoms with Crippen LogP contribution < -0.4 is 5.56 Å². The molecule has 0 unspecified atom stereocenters. The van der Waals surface area contributed by atoms with Gasteiger partial charge in [0.25, 0.3) is 5.56 Å². The van der Waals surface area contributed by atoms with E-state index in [-0.39, 0.29) is 23.1 Å². The first kappa shape index (κ1) is 9.07. The van der Waals surface area contributed by atoms with Gasteiger partial charge in [-0.1, -0.05) is 0 Å². The minimum atomic E-state index is -0.225. The van der Waals surface area contributed by atoms with Gasteiger partial charge in [0.05, 0.1) is 12.4 Å². The van der Waals surface area contributed by atoms with Gasteiger partial charge in [0, 0.05) is 16.9 Å². The topological polar surface area (TPSA) is 45.8 Å². The minimum Gasteiger partial charge on any atom is -0.311 e. The van der Waals surface area contributed by atoms with Crippen molar-refractivity contribution in [2.45, 2.75) is 31.6 Å². The Kier molecular flexibility index (Phi) is 1.50. The van der Waals surface area contributed by atoms with Crippen LogP contribution in [0.1, 0.15) is 30.8 Å². The minimum absolute atomic E-state index is 0.0328. The maximum absolute atomic E-state index is 12.6. The van der Waals surface area contributed by atoms with Gasteiger partial charge in [-0.3, -0.25) is 9.18 Å². The predicted octanol–water partition coefficient (Wildman–Crippen LogP) is 1.47. The Morgan fingerprint density at radius 3 is 2.73 bits per heavy atom. The van der Waals surface area contributed by atoms with E-state index >= 15 is 0 Å². The Hall–Kier alpha value is -1.19. The standard InChI is InChI=1S/C11H13FN2O/c1-7-13-8(2-9(15)14-7)11-3-10(4-11,5-11)6-12/h2H,3-6H2,1H3,(H,13,14,15). The highest BCUT2D eigenvalue weighted by Gasteiger charge is 2.69. The third-order valence-corrected chi connectivity index (χ3v) is 3.83. The van der Waals surface area contributed by atoms with Gasteiger partial charge in [0.2, 0.25) is 0 Å². The fourth-order valence-electron chi connectivity index (χ4n) is 3.26. The predicted molar refractivity (Wildman–Crippen MR) is 53.5 cm³/mol. The van der Waals surface area contributed by atoms with Crippen molar-refractivity contribution in [2.75, 3.05) is 6.67 Å². The molecule has 0 saturated heterocycles. The van der Waals surface area contributed by atoms with Crippen LogP contribution in [-0.2, 0) is 5.41 Å². The lowest BCUT2D eigenvalue weighted by atomic mass is 9.34. The van der Waals surface area contributed by atoms with Crippen molar-refractivity contribution >= 4 is 0 Å². The zero-order valence-corrected chi connectivity index (χ0v) is 8.64. The Balaban J connectivity index is 1.94. The second kappa shape index (κ2) is 2.49. The van der Waals surface area contributed by atoms with Gasteiger partial charge in [-0.2, -0.15) is 0 Å². The highest BCUT2D eigenvalue weighted by molar-refractivity contribution is 5.34. The summed E-state index contributed by atoms with van der Waals surface area (Å²) >= 11 is 0. The SMILES string of the molecule is Cc1nc(C23CC(CF)(C2)C3)cc(=O)[nH]1. The van der Waals surface area contributed by atoms with Crippen LogP contribution in [0.4, 0.5) is 4.39 Å². The summed E-state index contributed by atoms with van der Waals surface area (Å²) in [5.41, 5.74) is 0.735. The second-order valence-electron chi connectivity index (χ2n) is 5.16. The van der Waals surface area contributed by atoms with E-state index < -0.39 is 0 Å². The quantitative estimate of drug-likeness (QED) is 0.800. The molecule has 3 fully saturated rings. The molecule has 0 amide bonds. The molecule has 1 heterocycles. The van der Waals surface area contributed by atoms with E-state index in [9.17, 15) is 9.18 Å². The van der Waals surface area contributed by atoms with Crippen LogP contribution in [0.3, 0.4) is 0 Å². The van der Waals surface area contributed by atoms with E-state index in [1.807, 2.05) is 0 Å². The monoisotopic (exact) mass is 208 g/mol. The van der Waals surface area contributed by atoms with Crippen LogP contribution in [0.5, 0.6) is 0 Å². The molecule has 3 saturated carbocycles. The number of alkyl halides is 1. The number of rotatable bonds is 2. The summed E-state index contributed by atoms with van der Waals surface area (Å²) in [5.74, 6) is 0.650. The molecule has 3 aliphatic carbocycles. The Morgan fingerprint density at radius 1 is 1.53 bits per heavy atom. The lowest BCUT2D eigenvalue weighted by molar-refractivity contribution is -0.155. The summed E-state index contributed by atoms with van der Waals surface area (Å²) in [6, 6.07) is 1.56. The average molecular weight is 208 g/mol. The zero-order valence-electron chi connectivity index (χ0n) is 8.64. The third-order valence-electron chi connectivity index (χ3n) is 3.83. The number of nitrogens with zero attached hydrogens (tertiary/aromatic N) is 1. The van der Waals surface area contributed by atoms with Crippen molar-refractivity contribution in [3.05, 3.63) is 27.9 Å². The maximum atomic E-state index is 12.6. The summed E-state index contributed by atoms with van der Waals surface area (Å²) in [6.07, 6.45) is 2.60. The number of nitrogens with one attached hydrogen (secondary N) is 1. The molecule has 0 aromatic carbocycles.